The van der Waals surface area contributed by atoms with Gasteiger partial charge in [-0.3, -0.25) is 28.8 Å². The summed E-state index contributed by atoms with van der Waals surface area (Å²) in [5.41, 5.74) is -5.03. The third-order valence-corrected chi connectivity index (χ3v) is 8.95. The molecule has 0 aromatic heterocycles. The second-order valence-electron chi connectivity index (χ2n) is 11.9. The maximum Gasteiger partial charge on any atom is 0.312 e. The van der Waals surface area contributed by atoms with E-state index in [1.807, 2.05) is 0 Å². The van der Waals surface area contributed by atoms with Crippen molar-refractivity contribution in [2.24, 2.45) is 17.3 Å². The zero-order valence-electron chi connectivity index (χ0n) is 25.6. The molecule has 242 valence electrons. The number of epoxide rings is 1. The van der Waals surface area contributed by atoms with E-state index in [0.29, 0.717) is 0 Å². The average Bonchev–Trinajstić information content (AvgIpc) is 3.65. The molecule has 44 heavy (non-hydrogen) atoms. The minimum absolute atomic E-state index is 0.0380. The van der Waals surface area contributed by atoms with Crippen molar-refractivity contribution < 1.29 is 67.0 Å². The van der Waals surface area contributed by atoms with E-state index in [9.17, 15) is 33.9 Å². The Morgan fingerprint density at radius 2 is 1.48 bits per heavy atom. The number of aliphatic hydroxyl groups is 1. The predicted molar refractivity (Wildman–Crippen MR) is 145 cm³/mol. The van der Waals surface area contributed by atoms with E-state index in [0.717, 1.165) is 6.92 Å². The fourth-order valence-electron chi connectivity index (χ4n) is 6.93. The van der Waals surface area contributed by atoms with E-state index in [4.69, 9.17) is 33.2 Å². The lowest BCUT2D eigenvalue weighted by Crippen LogP contribution is -2.71. The summed E-state index contributed by atoms with van der Waals surface area (Å²) in [4.78, 5) is 74.9. The molecular formula is C30H38O14. The van der Waals surface area contributed by atoms with Gasteiger partial charge in [-0.05, 0) is 24.6 Å². The van der Waals surface area contributed by atoms with E-state index in [-0.39, 0.29) is 25.2 Å². The Morgan fingerprint density at radius 1 is 0.909 bits per heavy atom. The zero-order valence-corrected chi connectivity index (χ0v) is 25.6. The van der Waals surface area contributed by atoms with Crippen LogP contribution in [-0.2, 0) is 61.9 Å². The lowest BCUT2D eigenvalue weighted by Gasteiger charge is -2.57. The van der Waals surface area contributed by atoms with Crippen LogP contribution in [-0.4, -0.2) is 95.9 Å². The lowest BCUT2D eigenvalue weighted by molar-refractivity contribution is -0.252. The number of rotatable bonds is 6. The molecule has 1 saturated carbocycles. The molecule has 10 atom stereocenters. The van der Waals surface area contributed by atoms with Gasteiger partial charge in [0.1, 0.15) is 36.6 Å². The number of ether oxygens (including phenoxy) is 7. The van der Waals surface area contributed by atoms with Gasteiger partial charge in [0.15, 0.2) is 11.7 Å². The Morgan fingerprint density at radius 3 is 2.00 bits per heavy atom. The van der Waals surface area contributed by atoms with Crippen molar-refractivity contribution in [3.05, 3.63) is 23.8 Å². The normalized spacial score (nSPS) is 39.0. The summed E-state index contributed by atoms with van der Waals surface area (Å²) >= 11 is 0. The van der Waals surface area contributed by atoms with E-state index in [1.165, 1.54) is 52.8 Å². The number of carbonyl (C=O) groups excluding carboxylic acids is 6. The first-order chi connectivity index (χ1) is 20.5. The van der Waals surface area contributed by atoms with E-state index in [2.05, 4.69) is 0 Å². The van der Waals surface area contributed by atoms with Crippen LogP contribution in [0, 0.1) is 17.3 Å². The Hall–Kier alpha value is -3.78. The third-order valence-electron chi connectivity index (χ3n) is 8.95. The van der Waals surface area contributed by atoms with Gasteiger partial charge in [0.25, 0.3) is 0 Å². The molecule has 2 heterocycles. The molecule has 14 heteroatoms. The lowest BCUT2D eigenvalue weighted by atomic mass is 9.52. The molecule has 3 fully saturated rings. The van der Waals surface area contributed by atoms with Gasteiger partial charge >= 0.3 is 35.8 Å². The molecule has 0 aromatic carbocycles. The summed E-state index contributed by atoms with van der Waals surface area (Å²) in [5, 5.41) is 12.6. The molecule has 2 aliphatic heterocycles. The summed E-state index contributed by atoms with van der Waals surface area (Å²) in [6.45, 7) is 8.51. The molecule has 0 unspecified atom stereocenters. The second-order valence-corrected chi connectivity index (χ2v) is 11.9. The van der Waals surface area contributed by atoms with Crippen LogP contribution in [0.3, 0.4) is 0 Å². The summed E-state index contributed by atoms with van der Waals surface area (Å²) in [7, 11) is 0. The highest BCUT2D eigenvalue weighted by Gasteiger charge is 2.78. The quantitative estimate of drug-likeness (QED) is 0.249. The smallest absolute Gasteiger partial charge is 0.312 e. The van der Waals surface area contributed by atoms with Crippen molar-refractivity contribution in [3.63, 3.8) is 0 Å². The molecule has 1 N–H and O–H groups in total. The van der Waals surface area contributed by atoms with Crippen LogP contribution in [0.2, 0.25) is 0 Å². The van der Waals surface area contributed by atoms with Crippen molar-refractivity contribution in [3.8, 4) is 0 Å². The summed E-state index contributed by atoms with van der Waals surface area (Å²) in [6.07, 6.45) is -2.34. The number of carbonyl (C=O) groups is 6. The number of hydrogen-bond acceptors (Lipinski definition) is 14. The predicted octanol–water partition coefficient (Wildman–Crippen LogP) is 0.860. The summed E-state index contributed by atoms with van der Waals surface area (Å²) in [6, 6.07) is 0. The molecule has 0 amide bonds. The highest BCUT2D eigenvalue weighted by molar-refractivity contribution is 5.78. The minimum Gasteiger partial charge on any atom is -0.462 e. The van der Waals surface area contributed by atoms with Crippen molar-refractivity contribution in [2.45, 2.75) is 96.6 Å². The molecular weight excluding hydrogens is 584 g/mol. The molecule has 0 radical (unpaired) electrons. The van der Waals surface area contributed by atoms with Crippen molar-refractivity contribution in [1.29, 1.82) is 0 Å². The molecule has 2 saturated heterocycles. The number of fused-ring (bicyclic) bond motifs is 3. The van der Waals surface area contributed by atoms with Gasteiger partial charge in [-0.25, -0.2) is 0 Å². The first-order valence-electron chi connectivity index (χ1n) is 14.2. The Kier molecular flexibility index (Phi) is 9.00. The van der Waals surface area contributed by atoms with E-state index in [1.54, 1.807) is 6.92 Å². The van der Waals surface area contributed by atoms with Crippen LogP contribution in [0.15, 0.2) is 23.8 Å². The monoisotopic (exact) mass is 622 g/mol. The van der Waals surface area contributed by atoms with Crippen LogP contribution in [0.5, 0.6) is 0 Å². The van der Waals surface area contributed by atoms with Crippen LogP contribution >= 0.6 is 0 Å². The third kappa shape index (κ3) is 5.84. The Balaban J connectivity index is 2.08. The van der Waals surface area contributed by atoms with Gasteiger partial charge in [0.05, 0.1) is 17.9 Å². The molecule has 2 aliphatic carbocycles. The summed E-state index contributed by atoms with van der Waals surface area (Å²) < 4.78 is 40.0. The molecule has 1 spiro atoms. The van der Waals surface area contributed by atoms with Crippen molar-refractivity contribution >= 4 is 35.8 Å². The van der Waals surface area contributed by atoms with Gasteiger partial charge in [0, 0.05) is 47.0 Å². The minimum atomic E-state index is -2.29. The van der Waals surface area contributed by atoms with Crippen molar-refractivity contribution in [2.75, 3.05) is 13.2 Å². The maximum absolute atomic E-state index is 13.1. The van der Waals surface area contributed by atoms with Gasteiger partial charge in [-0.15, -0.1) is 0 Å². The zero-order chi connectivity index (χ0) is 32.8. The van der Waals surface area contributed by atoms with Gasteiger partial charge in [-0.1, -0.05) is 13.0 Å². The van der Waals surface area contributed by atoms with Crippen LogP contribution in [0.1, 0.15) is 54.9 Å². The SMILES string of the molecule is CC(=O)OCC1=C[C@@H]2OC(=O)[C@H](C)[C@@]2(O)[C@@H](OC(C)=O)[C@H]2[C@@]3(CO3)[C@H](OC(C)=O)C[C@H](OC(C)=O)[C@]2(C)[C@@H](OC(C)=O)C=C1. The standard InChI is InChI=1S/C30H38O14/c1-14-27(36)44-24-10-20(12-38-15(2)31)8-9-21(40-16(3)32)28(7)22(41-17(4)33)11-23(42-18(5)34)29(13-39-29)25(28)26(30(14,24)37)43-19(6)35/h8-10,14,21-26,37H,11-13H2,1-7H3/t14-,21-,22-,23+,24-,25+,26-,28-,29+,30-/m0/s1. The summed E-state index contributed by atoms with van der Waals surface area (Å²) in [5.74, 6) is -6.89. The first kappa shape index (κ1) is 33.1. The molecule has 4 rings (SSSR count). The Labute approximate surface area is 253 Å². The van der Waals surface area contributed by atoms with Crippen LogP contribution < -0.4 is 0 Å². The first-order valence-corrected chi connectivity index (χ1v) is 14.2. The molecule has 14 nitrogen and oxygen atoms in total. The fourth-order valence-corrected chi connectivity index (χ4v) is 6.93. The van der Waals surface area contributed by atoms with Gasteiger partial charge in [-0.2, -0.15) is 0 Å². The van der Waals surface area contributed by atoms with Crippen LogP contribution in [0.25, 0.3) is 0 Å². The molecule has 0 aromatic rings. The van der Waals surface area contributed by atoms with Gasteiger partial charge in [0.2, 0.25) is 0 Å². The molecule has 4 aliphatic rings. The second kappa shape index (κ2) is 12.0. The fraction of sp³-hybridized carbons (Fsp3) is 0.667. The average molecular weight is 623 g/mol. The highest BCUT2D eigenvalue weighted by Crippen LogP contribution is 2.62. The number of hydrogen-bond donors (Lipinski definition) is 1. The van der Waals surface area contributed by atoms with Gasteiger partial charge < -0.3 is 38.3 Å². The van der Waals surface area contributed by atoms with E-state index < -0.39 is 94.8 Å². The van der Waals surface area contributed by atoms with Crippen LogP contribution in [0.4, 0.5) is 0 Å². The van der Waals surface area contributed by atoms with E-state index >= 15 is 0 Å². The number of esters is 6. The highest BCUT2D eigenvalue weighted by atomic mass is 16.6. The largest absolute Gasteiger partial charge is 0.462 e. The Bertz CT molecular complexity index is 1300. The van der Waals surface area contributed by atoms with Crippen molar-refractivity contribution in [1.82, 2.24) is 0 Å². The topological polar surface area (TPSA) is 191 Å². The maximum atomic E-state index is 13.1. The molecule has 0 bridgehead atoms.